The minimum absolute atomic E-state index is 0.647. The Labute approximate surface area is 149 Å². The second-order valence-corrected chi connectivity index (χ2v) is 6.71. The molecule has 5 nitrogen and oxygen atoms in total. The topological polar surface area (TPSA) is 62.0 Å². The number of ether oxygens (including phenoxy) is 1. The first-order valence-corrected chi connectivity index (χ1v) is 8.74. The molecule has 1 aliphatic heterocycles. The Morgan fingerprint density at radius 3 is 2.68 bits per heavy atom. The lowest BCUT2D eigenvalue weighted by Gasteiger charge is -2.33. The summed E-state index contributed by atoms with van der Waals surface area (Å²) in [5.41, 5.74) is 3.75. The molecule has 1 fully saturated rings. The van der Waals surface area contributed by atoms with Crippen LogP contribution in [0.2, 0.25) is 0 Å². The Morgan fingerprint density at radius 2 is 2.00 bits per heavy atom. The molecule has 0 bridgehead atoms. The molecule has 1 aliphatic rings. The minimum Gasteiger partial charge on any atom is -0.497 e. The number of aryl methyl sites for hydroxylation is 1. The molecule has 25 heavy (non-hydrogen) atoms. The van der Waals surface area contributed by atoms with Crippen molar-refractivity contribution in [2.45, 2.75) is 33.1 Å². The fourth-order valence-corrected chi connectivity index (χ4v) is 3.43. The fourth-order valence-electron chi connectivity index (χ4n) is 3.43. The van der Waals surface area contributed by atoms with Crippen molar-refractivity contribution in [3.05, 3.63) is 46.6 Å². The summed E-state index contributed by atoms with van der Waals surface area (Å²) in [6.07, 6.45) is 3.25. The van der Waals surface area contributed by atoms with Crippen LogP contribution in [-0.4, -0.2) is 30.4 Å². The van der Waals surface area contributed by atoms with Crippen LogP contribution < -0.4 is 9.64 Å². The van der Waals surface area contributed by atoms with E-state index < -0.39 is 0 Å². The molecule has 0 radical (unpaired) electrons. The molecule has 2 heterocycles. The van der Waals surface area contributed by atoms with E-state index in [2.05, 4.69) is 33.3 Å². The second-order valence-electron chi connectivity index (χ2n) is 6.71. The summed E-state index contributed by atoms with van der Waals surface area (Å²) in [4.78, 5) is 2.21. The van der Waals surface area contributed by atoms with Crippen molar-refractivity contribution in [3.63, 3.8) is 0 Å². The molecule has 0 N–H and O–H groups in total. The molecule has 0 amide bonds. The standard InChI is InChI=1S/C20H24N4O/c1-14-15(2)22-23-20(19(14)13-21)24-9-7-16(8-10-24)11-17-5-4-6-18(12-17)25-3/h4-6,12,16H,7-11H2,1-3H3. The maximum absolute atomic E-state index is 9.49. The van der Waals surface area contributed by atoms with Gasteiger partial charge in [-0.2, -0.15) is 10.4 Å². The highest BCUT2D eigenvalue weighted by atomic mass is 16.5. The third-order valence-electron chi connectivity index (χ3n) is 5.12. The number of aromatic nitrogens is 2. The summed E-state index contributed by atoms with van der Waals surface area (Å²) in [7, 11) is 1.70. The van der Waals surface area contributed by atoms with Crippen LogP contribution >= 0.6 is 0 Å². The molecule has 3 rings (SSSR count). The van der Waals surface area contributed by atoms with E-state index in [1.165, 1.54) is 5.56 Å². The number of rotatable bonds is 4. The SMILES string of the molecule is COc1cccc(CC2CCN(c3nnc(C)c(C)c3C#N)CC2)c1. The third-order valence-corrected chi connectivity index (χ3v) is 5.12. The third kappa shape index (κ3) is 3.74. The monoisotopic (exact) mass is 336 g/mol. The van der Waals surface area contributed by atoms with Crippen molar-refractivity contribution in [1.29, 1.82) is 5.26 Å². The Kier molecular flexibility index (Phi) is 5.18. The zero-order chi connectivity index (χ0) is 17.8. The maximum Gasteiger partial charge on any atom is 0.169 e. The van der Waals surface area contributed by atoms with Crippen molar-refractivity contribution in [3.8, 4) is 11.8 Å². The number of hydrogen-bond donors (Lipinski definition) is 0. The van der Waals surface area contributed by atoms with Crippen molar-refractivity contribution in [2.24, 2.45) is 5.92 Å². The summed E-state index contributed by atoms with van der Waals surface area (Å²) in [6.45, 7) is 5.68. The van der Waals surface area contributed by atoms with Gasteiger partial charge in [0.15, 0.2) is 5.82 Å². The number of anilines is 1. The highest BCUT2D eigenvalue weighted by molar-refractivity contribution is 5.57. The van der Waals surface area contributed by atoms with Crippen LogP contribution in [0.4, 0.5) is 5.82 Å². The molecule has 0 saturated carbocycles. The highest BCUT2D eigenvalue weighted by Gasteiger charge is 2.24. The Balaban J connectivity index is 1.66. The Bertz CT molecular complexity index is 789. The van der Waals surface area contributed by atoms with Crippen LogP contribution in [0.5, 0.6) is 5.75 Å². The summed E-state index contributed by atoms with van der Waals surface area (Å²) < 4.78 is 5.31. The van der Waals surface area contributed by atoms with Gasteiger partial charge >= 0.3 is 0 Å². The Morgan fingerprint density at radius 1 is 1.24 bits per heavy atom. The lowest BCUT2D eigenvalue weighted by Crippen LogP contribution is -2.35. The van der Waals surface area contributed by atoms with Gasteiger partial charge in [-0.05, 0) is 62.3 Å². The zero-order valence-corrected chi connectivity index (χ0v) is 15.1. The van der Waals surface area contributed by atoms with Crippen molar-refractivity contribution in [1.82, 2.24) is 10.2 Å². The van der Waals surface area contributed by atoms with Gasteiger partial charge in [-0.15, -0.1) is 5.10 Å². The Hall–Kier alpha value is -2.61. The van der Waals surface area contributed by atoms with Gasteiger partial charge in [0.25, 0.3) is 0 Å². The zero-order valence-electron chi connectivity index (χ0n) is 15.1. The van der Waals surface area contributed by atoms with Gasteiger partial charge < -0.3 is 9.64 Å². The van der Waals surface area contributed by atoms with E-state index in [0.717, 1.165) is 55.2 Å². The van der Waals surface area contributed by atoms with E-state index in [9.17, 15) is 5.26 Å². The van der Waals surface area contributed by atoms with E-state index in [1.54, 1.807) is 7.11 Å². The number of piperidine rings is 1. The highest BCUT2D eigenvalue weighted by Crippen LogP contribution is 2.28. The summed E-state index contributed by atoms with van der Waals surface area (Å²) in [5, 5.41) is 18.0. The first-order chi connectivity index (χ1) is 12.1. The molecule has 2 aromatic rings. The van der Waals surface area contributed by atoms with Crippen LogP contribution in [0.3, 0.4) is 0 Å². The van der Waals surface area contributed by atoms with Gasteiger partial charge in [-0.25, -0.2) is 0 Å². The summed E-state index contributed by atoms with van der Waals surface area (Å²) in [5.74, 6) is 2.30. The van der Waals surface area contributed by atoms with Gasteiger partial charge in [0, 0.05) is 13.1 Å². The predicted molar refractivity (Wildman–Crippen MR) is 97.9 cm³/mol. The normalized spacial score (nSPS) is 15.0. The largest absolute Gasteiger partial charge is 0.497 e. The molecule has 1 aromatic heterocycles. The first-order valence-electron chi connectivity index (χ1n) is 8.74. The molecule has 1 aromatic carbocycles. The van der Waals surface area contributed by atoms with Crippen molar-refractivity contribution in [2.75, 3.05) is 25.1 Å². The first kappa shape index (κ1) is 17.2. The molecule has 0 atom stereocenters. The van der Waals surface area contributed by atoms with E-state index in [1.807, 2.05) is 26.0 Å². The van der Waals surface area contributed by atoms with Crippen molar-refractivity contribution >= 4 is 5.82 Å². The fraction of sp³-hybridized carbons (Fsp3) is 0.450. The second kappa shape index (κ2) is 7.52. The average molecular weight is 336 g/mol. The van der Waals surface area contributed by atoms with Gasteiger partial charge in [0.2, 0.25) is 0 Å². The summed E-state index contributed by atoms with van der Waals surface area (Å²) in [6, 6.07) is 10.6. The maximum atomic E-state index is 9.49. The van der Waals surface area contributed by atoms with Crippen molar-refractivity contribution < 1.29 is 4.74 Å². The average Bonchev–Trinajstić information content (AvgIpc) is 2.65. The van der Waals surface area contributed by atoms with Crippen LogP contribution in [0.25, 0.3) is 0 Å². The van der Waals surface area contributed by atoms with Gasteiger partial charge in [-0.1, -0.05) is 12.1 Å². The molecule has 0 aliphatic carbocycles. The van der Waals surface area contributed by atoms with Gasteiger partial charge in [-0.3, -0.25) is 0 Å². The minimum atomic E-state index is 0.647. The molecule has 0 unspecified atom stereocenters. The number of methoxy groups -OCH3 is 1. The smallest absolute Gasteiger partial charge is 0.169 e. The molecule has 5 heteroatoms. The lowest BCUT2D eigenvalue weighted by atomic mass is 9.90. The molecule has 130 valence electrons. The van der Waals surface area contributed by atoms with E-state index in [0.29, 0.717) is 11.5 Å². The molecule has 1 saturated heterocycles. The van der Waals surface area contributed by atoms with E-state index in [-0.39, 0.29) is 0 Å². The van der Waals surface area contributed by atoms with Gasteiger partial charge in [0.1, 0.15) is 17.4 Å². The molecule has 0 spiro atoms. The van der Waals surface area contributed by atoms with Crippen LogP contribution in [0.1, 0.15) is 35.2 Å². The summed E-state index contributed by atoms with van der Waals surface area (Å²) >= 11 is 0. The van der Waals surface area contributed by atoms with E-state index >= 15 is 0 Å². The number of nitriles is 1. The molecular formula is C20H24N4O. The lowest BCUT2D eigenvalue weighted by molar-refractivity contribution is 0.397. The van der Waals surface area contributed by atoms with Gasteiger partial charge in [0.05, 0.1) is 12.8 Å². The van der Waals surface area contributed by atoms with E-state index in [4.69, 9.17) is 4.74 Å². The number of benzene rings is 1. The number of nitrogens with zero attached hydrogens (tertiary/aromatic N) is 4. The van der Waals surface area contributed by atoms with Crippen LogP contribution in [0, 0.1) is 31.1 Å². The molecular weight excluding hydrogens is 312 g/mol. The van der Waals surface area contributed by atoms with Crippen LogP contribution in [-0.2, 0) is 6.42 Å². The quantitative estimate of drug-likeness (QED) is 0.856. The van der Waals surface area contributed by atoms with Crippen LogP contribution in [0.15, 0.2) is 24.3 Å². The predicted octanol–water partition coefficient (Wildman–Crippen LogP) is 3.43. The number of hydrogen-bond acceptors (Lipinski definition) is 5.